The van der Waals surface area contributed by atoms with E-state index < -0.39 is 0 Å². The standard InChI is InChI=1S/C22H22N4O2/c27-21-19-9-5-4-8-18(19)20(23-26(21)17-10-11-17)22(28)25-14-12-24(13-15-25)16-6-2-1-3-7-16/h1-9,17H,10-15H2. The zero-order valence-electron chi connectivity index (χ0n) is 15.6. The number of hydrogen-bond acceptors (Lipinski definition) is 4. The fourth-order valence-electron chi connectivity index (χ4n) is 3.89. The Morgan fingerprint density at radius 1 is 0.857 bits per heavy atom. The van der Waals surface area contributed by atoms with Crippen LogP contribution in [0.2, 0.25) is 0 Å². The van der Waals surface area contributed by atoms with Crippen molar-refractivity contribution in [2.24, 2.45) is 0 Å². The molecule has 2 aliphatic rings. The van der Waals surface area contributed by atoms with Crippen molar-refractivity contribution < 1.29 is 4.79 Å². The molecule has 2 aromatic carbocycles. The first-order valence-electron chi connectivity index (χ1n) is 9.83. The van der Waals surface area contributed by atoms with Crippen molar-refractivity contribution in [3.63, 3.8) is 0 Å². The van der Waals surface area contributed by atoms with Crippen LogP contribution in [0, 0.1) is 0 Å². The van der Waals surface area contributed by atoms with Crippen LogP contribution in [0.1, 0.15) is 29.4 Å². The molecule has 0 atom stereocenters. The lowest BCUT2D eigenvalue weighted by Crippen LogP contribution is -2.49. The summed E-state index contributed by atoms with van der Waals surface area (Å²) < 4.78 is 1.52. The second-order valence-corrected chi connectivity index (χ2v) is 7.49. The molecule has 1 aliphatic heterocycles. The van der Waals surface area contributed by atoms with Crippen LogP contribution in [0.25, 0.3) is 10.8 Å². The minimum atomic E-state index is -0.0939. The van der Waals surface area contributed by atoms with E-state index in [1.54, 1.807) is 6.07 Å². The van der Waals surface area contributed by atoms with Gasteiger partial charge < -0.3 is 9.80 Å². The molecule has 5 rings (SSSR count). The van der Waals surface area contributed by atoms with Crippen molar-refractivity contribution in [1.82, 2.24) is 14.7 Å². The van der Waals surface area contributed by atoms with Gasteiger partial charge in [0, 0.05) is 37.3 Å². The summed E-state index contributed by atoms with van der Waals surface area (Å²) in [7, 11) is 0. The minimum absolute atomic E-state index is 0.0849. The van der Waals surface area contributed by atoms with E-state index in [1.807, 2.05) is 41.3 Å². The summed E-state index contributed by atoms with van der Waals surface area (Å²) in [6.07, 6.45) is 1.91. The summed E-state index contributed by atoms with van der Waals surface area (Å²) in [6.45, 7) is 2.87. The summed E-state index contributed by atoms with van der Waals surface area (Å²) in [6, 6.07) is 17.7. The van der Waals surface area contributed by atoms with Gasteiger partial charge in [0.2, 0.25) is 0 Å². The molecule has 1 saturated carbocycles. The molecule has 6 heteroatoms. The van der Waals surface area contributed by atoms with E-state index in [2.05, 4.69) is 22.1 Å². The Hall–Kier alpha value is -3.15. The number of aromatic nitrogens is 2. The largest absolute Gasteiger partial charge is 0.368 e. The third-order valence-corrected chi connectivity index (χ3v) is 5.61. The van der Waals surface area contributed by atoms with E-state index in [1.165, 1.54) is 10.4 Å². The lowest BCUT2D eigenvalue weighted by atomic mass is 10.1. The predicted octanol–water partition coefficient (Wildman–Crippen LogP) is 2.69. The average Bonchev–Trinajstić information content (AvgIpc) is 3.60. The van der Waals surface area contributed by atoms with Crippen LogP contribution in [0.15, 0.2) is 59.4 Å². The van der Waals surface area contributed by atoms with E-state index in [9.17, 15) is 9.59 Å². The van der Waals surface area contributed by atoms with Crippen LogP contribution >= 0.6 is 0 Å². The molecule has 1 saturated heterocycles. The fraction of sp³-hybridized carbons (Fsp3) is 0.318. The Balaban J connectivity index is 1.44. The van der Waals surface area contributed by atoms with E-state index in [0.29, 0.717) is 29.6 Å². The monoisotopic (exact) mass is 374 g/mol. The smallest absolute Gasteiger partial charge is 0.275 e. The third kappa shape index (κ3) is 2.95. The Kier molecular flexibility index (Phi) is 4.11. The number of benzene rings is 2. The van der Waals surface area contributed by atoms with Crippen molar-refractivity contribution in [1.29, 1.82) is 0 Å². The number of hydrogen-bond donors (Lipinski definition) is 0. The number of amides is 1. The molecular formula is C22H22N4O2. The van der Waals surface area contributed by atoms with Crippen molar-refractivity contribution in [2.75, 3.05) is 31.1 Å². The van der Waals surface area contributed by atoms with Crippen molar-refractivity contribution in [3.8, 4) is 0 Å². The van der Waals surface area contributed by atoms with Gasteiger partial charge >= 0.3 is 0 Å². The molecule has 2 fully saturated rings. The fourth-order valence-corrected chi connectivity index (χ4v) is 3.89. The van der Waals surface area contributed by atoms with Gasteiger partial charge in [0.05, 0.1) is 11.4 Å². The maximum atomic E-state index is 13.3. The highest BCUT2D eigenvalue weighted by Crippen LogP contribution is 2.33. The highest BCUT2D eigenvalue weighted by atomic mass is 16.2. The van der Waals surface area contributed by atoms with Crippen molar-refractivity contribution in [2.45, 2.75) is 18.9 Å². The molecule has 0 unspecified atom stereocenters. The molecule has 0 bridgehead atoms. The Labute approximate surface area is 163 Å². The van der Waals surface area contributed by atoms with Crippen LogP contribution in [0.5, 0.6) is 0 Å². The van der Waals surface area contributed by atoms with E-state index in [-0.39, 0.29) is 17.5 Å². The van der Waals surface area contributed by atoms with Crippen LogP contribution in [-0.2, 0) is 0 Å². The van der Waals surface area contributed by atoms with Gasteiger partial charge in [-0.1, -0.05) is 36.4 Å². The molecule has 0 radical (unpaired) electrons. The molecular weight excluding hydrogens is 352 g/mol. The van der Waals surface area contributed by atoms with Gasteiger partial charge in [0.15, 0.2) is 5.69 Å². The highest BCUT2D eigenvalue weighted by molar-refractivity contribution is 6.04. The van der Waals surface area contributed by atoms with Gasteiger partial charge in [0.25, 0.3) is 11.5 Å². The lowest BCUT2D eigenvalue weighted by Gasteiger charge is -2.36. The molecule has 1 amide bonds. The summed E-state index contributed by atoms with van der Waals surface area (Å²) in [5.41, 5.74) is 1.49. The van der Waals surface area contributed by atoms with Crippen molar-refractivity contribution in [3.05, 3.63) is 70.6 Å². The molecule has 2 heterocycles. The number of rotatable bonds is 3. The predicted molar refractivity (Wildman–Crippen MR) is 109 cm³/mol. The van der Waals surface area contributed by atoms with Crippen LogP contribution < -0.4 is 10.5 Å². The number of fused-ring (bicyclic) bond motifs is 1. The van der Waals surface area contributed by atoms with E-state index in [4.69, 9.17) is 0 Å². The molecule has 1 aromatic heterocycles. The minimum Gasteiger partial charge on any atom is -0.368 e. The number of anilines is 1. The first kappa shape index (κ1) is 17.0. The molecule has 6 nitrogen and oxygen atoms in total. The zero-order valence-corrected chi connectivity index (χ0v) is 15.6. The number of carbonyl (C=O) groups is 1. The molecule has 1 aliphatic carbocycles. The molecule has 3 aromatic rings. The summed E-state index contributed by atoms with van der Waals surface area (Å²) in [4.78, 5) is 30.2. The highest BCUT2D eigenvalue weighted by Gasteiger charge is 2.30. The number of piperazine rings is 1. The number of carbonyl (C=O) groups excluding carboxylic acids is 1. The first-order valence-corrected chi connectivity index (χ1v) is 9.83. The number of nitrogens with zero attached hydrogens (tertiary/aromatic N) is 4. The Bertz CT molecular complexity index is 1080. The normalized spacial score (nSPS) is 17.1. The van der Waals surface area contributed by atoms with Gasteiger partial charge in [-0.25, -0.2) is 4.68 Å². The van der Waals surface area contributed by atoms with Gasteiger partial charge in [0.1, 0.15) is 0 Å². The third-order valence-electron chi connectivity index (χ3n) is 5.61. The molecule has 142 valence electrons. The summed E-state index contributed by atoms with van der Waals surface area (Å²) in [5.74, 6) is -0.0849. The second kappa shape index (κ2) is 6.78. The maximum absolute atomic E-state index is 13.3. The summed E-state index contributed by atoms with van der Waals surface area (Å²) in [5, 5.41) is 5.75. The van der Waals surface area contributed by atoms with E-state index >= 15 is 0 Å². The summed E-state index contributed by atoms with van der Waals surface area (Å²) >= 11 is 0. The topological polar surface area (TPSA) is 58.4 Å². The van der Waals surface area contributed by atoms with Crippen molar-refractivity contribution >= 4 is 22.4 Å². The number of para-hydroxylation sites is 1. The average molecular weight is 374 g/mol. The SMILES string of the molecule is O=C(c1nn(C2CC2)c(=O)c2ccccc12)N1CCN(c2ccccc2)CC1. The van der Waals surface area contributed by atoms with Crippen LogP contribution in [0.3, 0.4) is 0 Å². The zero-order chi connectivity index (χ0) is 19.1. The van der Waals surface area contributed by atoms with Crippen LogP contribution in [0.4, 0.5) is 5.69 Å². The van der Waals surface area contributed by atoms with Gasteiger partial charge in [-0.05, 0) is 31.0 Å². The van der Waals surface area contributed by atoms with E-state index in [0.717, 1.165) is 25.9 Å². The van der Waals surface area contributed by atoms with Gasteiger partial charge in [-0.3, -0.25) is 9.59 Å². The lowest BCUT2D eigenvalue weighted by molar-refractivity contribution is 0.0740. The molecule has 0 N–H and O–H groups in total. The van der Waals surface area contributed by atoms with Gasteiger partial charge in [-0.2, -0.15) is 5.10 Å². The van der Waals surface area contributed by atoms with Gasteiger partial charge in [-0.15, -0.1) is 0 Å². The Morgan fingerprint density at radius 3 is 2.18 bits per heavy atom. The molecule has 0 spiro atoms. The maximum Gasteiger partial charge on any atom is 0.275 e. The quantitative estimate of drug-likeness (QED) is 0.707. The second-order valence-electron chi connectivity index (χ2n) is 7.49. The Morgan fingerprint density at radius 2 is 1.50 bits per heavy atom. The first-order chi connectivity index (χ1) is 13.7. The molecule has 28 heavy (non-hydrogen) atoms. The van der Waals surface area contributed by atoms with Crippen LogP contribution in [-0.4, -0.2) is 46.8 Å².